The lowest BCUT2D eigenvalue weighted by atomic mass is 9.98. The van der Waals surface area contributed by atoms with Gasteiger partial charge in [0.2, 0.25) is 0 Å². The van der Waals surface area contributed by atoms with Crippen molar-refractivity contribution >= 4 is 17.5 Å². The standard InChI is InChI=1S/C19H16ClN/c20-21(18-14-8-3-9-15-18)19(16-10-4-1-5-11-16)17-12-6-2-7-13-17/h1-15,19H. The second-order valence-electron chi connectivity index (χ2n) is 4.87. The number of para-hydroxylation sites is 1. The zero-order valence-corrected chi connectivity index (χ0v) is 12.3. The summed E-state index contributed by atoms with van der Waals surface area (Å²) in [7, 11) is 0. The molecule has 104 valence electrons. The van der Waals surface area contributed by atoms with Crippen LogP contribution in [-0.2, 0) is 0 Å². The first-order valence-electron chi connectivity index (χ1n) is 6.96. The Morgan fingerprint density at radius 1 is 0.571 bits per heavy atom. The molecule has 3 aromatic rings. The van der Waals surface area contributed by atoms with Crippen LogP contribution in [0.25, 0.3) is 0 Å². The summed E-state index contributed by atoms with van der Waals surface area (Å²) in [6.45, 7) is 0. The largest absolute Gasteiger partial charge is 0.273 e. The number of halogens is 1. The molecule has 0 spiro atoms. The summed E-state index contributed by atoms with van der Waals surface area (Å²) in [5.74, 6) is 0. The van der Waals surface area contributed by atoms with Crippen LogP contribution in [0.4, 0.5) is 5.69 Å². The Morgan fingerprint density at radius 2 is 0.952 bits per heavy atom. The zero-order valence-electron chi connectivity index (χ0n) is 11.6. The third kappa shape index (κ3) is 3.09. The summed E-state index contributed by atoms with van der Waals surface area (Å²) in [6, 6.07) is 30.7. The zero-order chi connectivity index (χ0) is 14.5. The molecule has 0 aliphatic heterocycles. The lowest BCUT2D eigenvalue weighted by molar-refractivity contribution is 0.864. The van der Waals surface area contributed by atoms with Gasteiger partial charge in [-0.05, 0) is 23.3 Å². The maximum atomic E-state index is 6.67. The highest BCUT2D eigenvalue weighted by Crippen LogP contribution is 2.34. The summed E-state index contributed by atoms with van der Waals surface area (Å²) in [6.07, 6.45) is 0. The minimum atomic E-state index is -0.0172. The van der Waals surface area contributed by atoms with E-state index in [2.05, 4.69) is 24.3 Å². The molecule has 0 fully saturated rings. The molecule has 0 bridgehead atoms. The SMILES string of the molecule is ClN(c1ccccc1)C(c1ccccc1)c1ccccc1. The van der Waals surface area contributed by atoms with Crippen LogP contribution in [0.15, 0.2) is 91.0 Å². The first kappa shape index (κ1) is 13.7. The number of nitrogens with zero attached hydrogens (tertiary/aromatic N) is 1. The average Bonchev–Trinajstić information content (AvgIpc) is 2.58. The Kier molecular flexibility index (Phi) is 4.23. The van der Waals surface area contributed by atoms with Crippen molar-refractivity contribution in [3.63, 3.8) is 0 Å². The molecule has 0 aliphatic carbocycles. The highest BCUT2D eigenvalue weighted by molar-refractivity contribution is 6.26. The van der Waals surface area contributed by atoms with Gasteiger partial charge in [0.1, 0.15) is 0 Å². The number of rotatable bonds is 4. The van der Waals surface area contributed by atoms with Crippen molar-refractivity contribution in [2.45, 2.75) is 6.04 Å². The van der Waals surface area contributed by atoms with Gasteiger partial charge in [0.25, 0.3) is 0 Å². The Morgan fingerprint density at radius 3 is 1.38 bits per heavy atom. The van der Waals surface area contributed by atoms with Crippen molar-refractivity contribution in [1.82, 2.24) is 0 Å². The molecule has 0 saturated carbocycles. The van der Waals surface area contributed by atoms with Crippen molar-refractivity contribution in [1.29, 1.82) is 0 Å². The van der Waals surface area contributed by atoms with E-state index in [4.69, 9.17) is 11.8 Å². The van der Waals surface area contributed by atoms with Gasteiger partial charge in [-0.15, -0.1) is 0 Å². The molecule has 0 N–H and O–H groups in total. The molecule has 21 heavy (non-hydrogen) atoms. The van der Waals surface area contributed by atoms with Crippen molar-refractivity contribution < 1.29 is 0 Å². The average molecular weight is 294 g/mol. The fourth-order valence-electron chi connectivity index (χ4n) is 2.44. The van der Waals surface area contributed by atoms with E-state index in [-0.39, 0.29) is 6.04 Å². The van der Waals surface area contributed by atoms with E-state index in [0.29, 0.717) is 0 Å². The van der Waals surface area contributed by atoms with Gasteiger partial charge in [0.15, 0.2) is 0 Å². The summed E-state index contributed by atoms with van der Waals surface area (Å²) in [5.41, 5.74) is 3.32. The normalized spacial score (nSPS) is 10.6. The van der Waals surface area contributed by atoms with E-state index in [9.17, 15) is 0 Å². The highest BCUT2D eigenvalue weighted by atomic mass is 35.5. The molecule has 3 aromatic carbocycles. The number of hydrogen-bond donors (Lipinski definition) is 0. The first-order valence-corrected chi connectivity index (χ1v) is 7.30. The van der Waals surface area contributed by atoms with Crippen LogP contribution >= 0.6 is 11.8 Å². The smallest absolute Gasteiger partial charge is 0.0959 e. The highest BCUT2D eigenvalue weighted by Gasteiger charge is 2.21. The lowest BCUT2D eigenvalue weighted by Crippen LogP contribution is -2.20. The molecule has 0 saturated heterocycles. The van der Waals surface area contributed by atoms with Gasteiger partial charge < -0.3 is 0 Å². The molecular weight excluding hydrogens is 278 g/mol. The fourth-order valence-corrected chi connectivity index (χ4v) is 2.78. The Labute approximate surface area is 130 Å². The Hall–Kier alpha value is -2.25. The predicted octanol–water partition coefficient (Wildman–Crippen LogP) is 5.44. The van der Waals surface area contributed by atoms with Gasteiger partial charge >= 0.3 is 0 Å². The van der Waals surface area contributed by atoms with Gasteiger partial charge in [-0.3, -0.25) is 4.42 Å². The molecule has 0 atom stereocenters. The van der Waals surface area contributed by atoms with E-state index in [0.717, 1.165) is 5.69 Å². The molecule has 0 unspecified atom stereocenters. The number of benzene rings is 3. The van der Waals surface area contributed by atoms with Crippen LogP contribution in [0.3, 0.4) is 0 Å². The van der Waals surface area contributed by atoms with Crippen LogP contribution in [0.1, 0.15) is 17.2 Å². The van der Waals surface area contributed by atoms with E-state index in [1.54, 1.807) is 4.42 Å². The van der Waals surface area contributed by atoms with Crippen LogP contribution < -0.4 is 4.42 Å². The van der Waals surface area contributed by atoms with Gasteiger partial charge in [0, 0.05) is 11.8 Å². The molecule has 3 rings (SSSR count). The molecule has 0 radical (unpaired) electrons. The maximum absolute atomic E-state index is 6.67. The van der Waals surface area contributed by atoms with Crippen molar-refractivity contribution in [3.8, 4) is 0 Å². The summed E-state index contributed by atoms with van der Waals surface area (Å²) in [5, 5.41) is 0. The molecule has 2 heteroatoms. The second kappa shape index (κ2) is 6.47. The monoisotopic (exact) mass is 293 g/mol. The Balaban J connectivity index is 2.05. The van der Waals surface area contributed by atoms with E-state index in [1.807, 2.05) is 66.7 Å². The molecule has 0 aromatic heterocycles. The minimum Gasteiger partial charge on any atom is -0.273 e. The molecule has 0 amide bonds. The number of hydrogen-bond acceptors (Lipinski definition) is 1. The quantitative estimate of drug-likeness (QED) is 0.579. The topological polar surface area (TPSA) is 3.24 Å². The van der Waals surface area contributed by atoms with Crippen LogP contribution in [0, 0.1) is 0 Å². The fraction of sp³-hybridized carbons (Fsp3) is 0.0526. The maximum Gasteiger partial charge on any atom is 0.0959 e. The van der Waals surface area contributed by atoms with Gasteiger partial charge in [0.05, 0.1) is 11.7 Å². The van der Waals surface area contributed by atoms with Gasteiger partial charge in [-0.2, -0.15) is 0 Å². The van der Waals surface area contributed by atoms with E-state index < -0.39 is 0 Å². The predicted molar refractivity (Wildman–Crippen MR) is 89.5 cm³/mol. The minimum absolute atomic E-state index is 0.0172. The van der Waals surface area contributed by atoms with Crippen LogP contribution in [-0.4, -0.2) is 0 Å². The summed E-state index contributed by atoms with van der Waals surface area (Å²) in [4.78, 5) is 0. The summed E-state index contributed by atoms with van der Waals surface area (Å²) < 4.78 is 1.80. The third-order valence-corrected chi connectivity index (χ3v) is 3.85. The number of anilines is 1. The van der Waals surface area contributed by atoms with E-state index >= 15 is 0 Å². The van der Waals surface area contributed by atoms with Crippen molar-refractivity contribution in [3.05, 3.63) is 102 Å². The molecule has 0 heterocycles. The third-order valence-electron chi connectivity index (χ3n) is 3.46. The van der Waals surface area contributed by atoms with Gasteiger partial charge in [-0.25, -0.2) is 0 Å². The molecular formula is C19H16ClN. The van der Waals surface area contributed by atoms with Crippen LogP contribution in [0.5, 0.6) is 0 Å². The summed E-state index contributed by atoms with van der Waals surface area (Å²) >= 11 is 6.67. The Bertz CT molecular complexity index is 628. The lowest BCUT2D eigenvalue weighted by Gasteiger charge is -2.28. The second-order valence-corrected chi connectivity index (χ2v) is 5.23. The first-order chi connectivity index (χ1) is 10.4. The van der Waals surface area contributed by atoms with Crippen LogP contribution in [0.2, 0.25) is 0 Å². The van der Waals surface area contributed by atoms with E-state index in [1.165, 1.54) is 11.1 Å². The van der Waals surface area contributed by atoms with Crippen molar-refractivity contribution in [2.75, 3.05) is 4.42 Å². The van der Waals surface area contributed by atoms with Gasteiger partial charge in [-0.1, -0.05) is 78.9 Å². The van der Waals surface area contributed by atoms with Crippen molar-refractivity contribution in [2.24, 2.45) is 0 Å². The molecule has 1 nitrogen and oxygen atoms in total. The molecule has 0 aliphatic rings.